The zero-order valence-electron chi connectivity index (χ0n) is 20.7. The van der Waals surface area contributed by atoms with E-state index in [1.165, 1.54) is 21.2 Å². The predicted octanol–water partition coefficient (Wildman–Crippen LogP) is 5.42. The molecule has 6 rings (SSSR count). The number of nitrogens with zero attached hydrogens (tertiary/aromatic N) is 2. The number of aryl methyl sites for hydroxylation is 1. The second-order valence-corrected chi connectivity index (χ2v) is 12.5. The Bertz CT molecular complexity index is 1680. The molecule has 1 saturated heterocycles. The summed E-state index contributed by atoms with van der Waals surface area (Å²) in [4.78, 5) is 55.6. The number of anilines is 2. The highest BCUT2D eigenvalue weighted by Crippen LogP contribution is 2.54. The molecule has 0 saturated carbocycles. The van der Waals surface area contributed by atoms with Crippen LogP contribution in [-0.4, -0.2) is 27.5 Å². The van der Waals surface area contributed by atoms with E-state index in [1.807, 2.05) is 61.5 Å². The van der Waals surface area contributed by atoms with Gasteiger partial charge in [-0.1, -0.05) is 87.6 Å². The molecule has 1 aromatic heterocycles. The summed E-state index contributed by atoms with van der Waals surface area (Å²) in [6.07, 6.45) is 0. The number of carbonyl (C=O) groups is 3. The van der Waals surface area contributed by atoms with Crippen LogP contribution in [0.1, 0.15) is 21.9 Å². The van der Waals surface area contributed by atoms with E-state index in [9.17, 15) is 19.2 Å². The van der Waals surface area contributed by atoms with E-state index < -0.39 is 17.1 Å². The summed E-state index contributed by atoms with van der Waals surface area (Å²) < 4.78 is 2.26. The summed E-state index contributed by atoms with van der Waals surface area (Å²) in [5.41, 5.74) is 2.94. The van der Waals surface area contributed by atoms with Gasteiger partial charge in [0, 0.05) is 21.0 Å². The average molecular weight is 621 g/mol. The first-order valence-electron chi connectivity index (χ1n) is 12.3. The van der Waals surface area contributed by atoms with Crippen LogP contribution in [0.4, 0.5) is 11.4 Å². The van der Waals surface area contributed by atoms with Crippen LogP contribution < -0.4 is 15.1 Å². The first-order chi connectivity index (χ1) is 18.8. The van der Waals surface area contributed by atoms with Crippen molar-refractivity contribution >= 4 is 68.1 Å². The number of rotatable bonds is 5. The number of imide groups is 1. The van der Waals surface area contributed by atoms with Crippen molar-refractivity contribution in [3.05, 3.63) is 109 Å². The minimum atomic E-state index is -0.728. The van der Waals surface area contributed by atoms with Gasteiger partial charge in [-0.15, -0.1) is 0 Å². The summed E-state index contributed by atoms with van der Waals surface area (Å²) in [7, 11) is 0. The summed E-state index contributed by atoms with van der Waals surface area (Å²) >= 11 is 5.77. The maximum atomic E-state index is 13.9. The van der Waals surface area contributed by atoms with Gasteiger partial charge in [-0.2, -0.15) is 0 Å². The van der Waals surface area contributed by atoms with Gasteiger partial charge in [0.1, 0.15) is 11.8 Å². The Labute approximate surface area is 241 Å². The van der Waals surface area contributed by atoms with Crippen LogP contribution in [-0.2, 0) is 20.9 Å². The second-order valence-electron chi connectivity index (χ2n) is 9.43. The average Bonchev–Trinajstić information content (AvgIpc) is 3.36. The molecule has 0 bridgehead atoms. The van der Waals surface area contributed by atoms with Crippen LogP contribution in [0.15, 0.2) is 93.2 Å². The zero-order chi connectivity index (χ0) is 27.3. The molecule has 3 heterocycles. The highest BCUT2D eigenvalue weighted by Gasteiger charge is 2.56. The Morgan fingerprint density at radius 2 is 1.69 bits per heavy atom. The third kappa shape index (κ3) is 4.56. The van der Waals surface area contributed by atoms with Crippen LogP contribution in [0.3, 0.4) is 0 Å². The van der Waals surface area contributed by atoms with Gasteiger partial charge >= 0.3 is 4.87 Å². The minimum absolute atomic E-state index is 0.195. The second kappa shape index (κ2) is 10.3. The number of hydrogen-bond acceptors (Lipinski definition) is 6. The molecule has 196 valence electrons. The van der Waals surface area contributed by atoms with E-state index >= 15 is 0 Å². The topological polar surface area (TPSA) is 88.5 Å². The number of carbonyl (C=O) groups excluding carboxylic acids is 3. The highest BCUT2D eigenvalue weighted by molar-refractivity contribution is 9.10. The standard InChI is InChI=1S/C29H22BrN3O4S2/c1-16-8-5-6-13-20(16)31-21(34)15-32-28-25(39-29(32)37)22(17-9-7-10-18(30)14-17)23-24(38-28)27(36)33(26(23)35)19-11-3-2-4-12-19/h2-14,22-24H,15H2,1H3,(H,31,34)/t22-,23?,24?/m1/s1. The fourth-order valence-corrected chi connectivity index (χ4v) is 8.38. The molecule has 7 nitrogen and oxygen atoms in total. The Morgan fingerprint density at radius 1 is 0.949 bits per heavy atom. The van der Waals surface area contributed by atoms with Crippen molar-refractivity contribution in [2.75, 3.05) is 10.2 Å². The van der Waals surface area contributed by atoms with Gasteiger partial charge in [-0.05, 0) is 48.4 Å². The Balaban J connectivity index is 1.42. The van der Waals surface area contributed by atoms with Gasteiger partial charge in [0.05, 0.1) is 16.6 Å². The fourth-order valence-electron chi connectivity index (χ4n) is 5.19. The first-order valence-corrected chi connectivity index (χ1v) is 14.8. The van der Waals surface area contributed by atoms with Gasteiger partial charge in [-0.3, -0.25) is 23.7 Å². The molecule has 39 heavy (non-hydrogen) atoms. The lowest BCUT2D eigenvalue weighted by Gasteiger charge is -2.30. The van der Waals surface area contributed by atoms with E-state index in [1.54, 1.807) is 24.3 Å². The highest BCUT2D eigenvalue weighted by atomic mass is 79.9. The van der Waals surface area contributed by atoms with Crippen molar-refractivity contribution in [2.24, 2.45) is 5.92 Å². The SMILES string of the molecule is Cc1ccccc1NC(=O)Cn1c2c(sc1=O)[C@H](c1cccc(Br)c1)C1C(=O)N(c3ccccc3)C(=O)C1S2. The Kier molecular flexibility index (Phi) is 6.78. The molecule has 0 spiro atoms. The number of halogens is 1. The van der Waals surface area contributed by atoms with Crippen LogP contribution in [0.2, 0.25) is 0 Å². The smallest absolute Gasteiger partial charge is 0.308 e. The number of thiazole rings is 1. The van der Waals surface area contributed by atoms with Gasteiger partial charge in [0.2, 0.25) is 17.7 Å². The lowest BCUT2D eigenvalue weighted by atomic mass is 9.83. The van der Waals surface area contributed by atoms with Gasteiger partial charge in [0.15, 0.2) is 0 Å². The summed E-state index contributed by atoms with van der Waals surface area (Å²) in [6, 6.07) is 23.9. The molecule has 2 aliphatic rings. The number of amides is 3. The summed E-state index contributed by atoms with van der Waals surface area (Å²) in [5.74, 6) is -2.14. The van der Waals surface area contributed by atoms with Crippen molar-refractivity contribution in [2.45, 2.75) is 29.7 Å². The Hall–Kier alpha value is -3.47. The maximum Gasteiger partial charge on any atom is 0.308 e. The van der Waals surface area contributed by atoms with Crippen LogP contribution in [0, 0.1) is 12.8 Å². The molecule has 4 aromatic rings. The van der Waals surface area contributed by atoms with Crippen LogP contribution in [0.25, 0.3) is 0 Å². The van der Waals surface area contributed by atoms with E-state index in [0.29, 0.717) is 21.3 Å². The normalized spacial score (nSPS) is 20.1. The monoisotopic (exact) mass is 619 g/mol. The third-order valence-corrected chi connectivity index (χ3v) is 10.1. The Morgan fingerprint density at radius 3 is 2.44 bits per heavy atom. The molecule has 3 aromatic carbocycles. The summed E-state index contributed by atoms with van der Waals surface area (Å²) in [6.45, 7) is 1.70. The van der Waals surface area contributed by atoms with Gasteiger partial charge < -0.3 is 5.32 Å². The predicted molar refractivity (Wildman–Crippen MR) is 156 cm³/mol. The van der Waals surface area contributed by atoms with Crippen molar-refractivity contribution in [3.63, 3.8) is 0 Å². The molecule has 3 atom stereocenters. The van der Waals surface area contributed by atoms with Crippen molar-refractivity contribution < 1.29 is 14.4 Å². The van der Waals surface area contributed by atoms with Gasteiger partial charge in [-0.25, -0.2) is 4.90 Å². The van der Waals surface area contributed by atoms with Crippen molar-refractivity contribution in [1.29, 1.82) is 0 Å². The fraction of sp³-hybridized carbons (Fsp3) is 0.172. The molecule has 1 N–H and O–H groups in total. The molecular weight excluding hydrogens is 598 g/mol. The number of benzene rings is 3. The number of fused-ring (bicyclic) bond motifs is 2. The van der Waals surface area contributed by atoms with Crippen LogP contribution >= 0.6 is 39.0 Å². The van der Waals surface area contributed by atoms with E-state index in [-0.39, 0.29) is 29.1 Å². The third-order valence-electron chi connectivity index (χ3n) is 6.99. The molecule has 1 fully saturated rings. The lowest BCUT2D eigenvalue weighted by Crippen LogP contribution is -2.33. The number of para-hydroxylation sites is 2. The van der Waals surface area contributed by atoms with Crippen molar-refractivity contribution in [3.8, 4) is 0 Å². The zero-order valence-corrected chi connectivity index (χ0v) is 23.9. The summed E-state index contributed by atoms with van der Waals surface area (Å²) in [5, 5.41) is 2.72. The van der Waals surface area contributed by atoms with E-state index in [0.717, 1.165) is 26.9 Å². The number of thioether (sulfide) groups is 1. The number of nitrogens with one attached hydrogen (secondary N) is 1. The molecule has 2 aliphatic heterocycles. The first kappa shape index (κ1) is 25.8. The van der Waals surface area contributed by atoms with E-state index in [2.05, 4.69) is 21.2 Å². The molecule has 0 radical (unpaired) electrons. The molecule has 10 heteroatoms. The maximum absolute atomic E-state index is 13.9. The number of hydrogen-bond donors (Lipinski definition) is 1. The van der Waals surface area contributed by atoms with Crippen molar-refractivity contribution in [1.82, 2.24) is 4.57 Å². The van der Waals surface area contributed by atoms with Gasteiger partial charge in [0.25, 0.3) is 0 Å². The minimum Gasteiger partial charge on any atom is -0.324 e. The molecule has 3 amide bonds. The molecule has 2 unspecified atom stereocenters. The largest absolute Gasteiger partial charge is 0.324 e. The quantitative estimate of drug-likeness (QED) is 0.302. The lowest BCUT2D eigenvalue weighted by molar-refractivity contribution is -0.122. The number of aromatic nitrogens is 1. The van der Waals surface area contributed by atoms with Crippen LogP contribution in [0.5, 0.6) is 0 Å². The molecular formula is C29H22BrN3O4S2. The van der Waals surface area contributed by atoms with E-state index in [4.69, 9.17) is 0 Å². The molecule has 0 aliphatic carbocycles.